The third-order valence-electron chi connectivity index (χ3n) is 1.40. The summed E-state index contributed by atoms with van der Waals surface area (Å²) >= 11 is 1.88. The highest BCUT2D eigenvalue weighted by atomic mass is 32.2. The second-order valence-electron chi connectivity index (χ2n) is 2.46. The molecule has 0 spiro atoms. The first-order valence-electron chi connectivity index (χ1n) is 3.83. The monoisotopic (exact) mass is 174 g/mol. The minimum atomic E-state index is 0.649. The maximum atomic E-state index is 5.31. The molecule has 0 saturated heterocycles. The summed E-state index contributed by atoms with van der Waals surface area (Å²) in [5, 5.41) is 0. The zero-order valence-electron chi connectivity index (χ0n) is 7.42. The van der Waals surface area contributed by atoms with Gasteiger partial charge in [0, 0.05) is 25.4 Å². The van der Waals surface area contributed by atoms with E-state index in [0.717, 1.165) is 13.1 Å². The zero-order chi connectivity index (χ0) is 8.53. The Kier molecular flexibility index (Phi) is 8.12. The van der Waals surface area contributed by atoms with Gasteiger partial charge in [0.05, 0.1) is 0 Å². The highest BCUT2D eigenvalue weighted by molar-refractivity contribution is 7.98. The van der Waals surface area contributed by atoms with E-state index >= 15 is 0 Å². The Morgan fingerprint density at radius 1 is 1.45 bits per heavy atom. The van der Waals surface area contributed by atoms with Crippen molar-refractivity contribution >= 4 is 11.8 Å². The third kappa shape index (κ3) is 7.91. The molecule has 3 heteroatoms. The Morgan fingerprint density at radius 2 is 2.18 bits per heavy atom. The van der Waals surface area contributed by atoms with Crippen LogP contribution in [0.15, 0.2) is 12.2 Å². The zero-order valence-corrected chi connectivity index (χ0v) is 8.23. The fourth-order valence-electron chi connectivity index (χ4n) is 0.689. The maximum Gasteiger partial charge on any atom is 0.0160 e. The first kappa shape index (κ1) is 11.0. The van der Waals surface area contributed by atoms with Crippen molar-refractivity contribution in [3.8, 4) is 0 Å². The molecule has 0 aromatic carbocycles. The summed E-state index contributed by atoms with van der Waals surface area (Å²) in [7, 11) is 2.12. The minimum Gasteiger partial charge on any atom is -0.327 e. The van der Waals surface area contributed by atoms with Crippen molar-refractivity contribution in [3.63, 3.8) is 0 Å². The van der Waals surface area contributed by atoms with Gasteiger partial charge in [-0.3, -0.25) is 0 Å². The van der Waals surface area contributed by atoms with Gasteiger partial charge in [-0.1, -0.05) is 12.2 Å². The number of rotatable bonds is 6. The first-order chi connectivity index (χ1) is 5.31. The molecule has 2 nitrogen and oxygen atoms in total. The van der Waals surface area contributed by atoms with Gasteiger partial charge in [0.2, 0.25) is 0 Å². The SMILES string of the molecule is CSCCN(C)C/C=C/CN. The van der Waals surface area contributed by atoms with Gasteiger partial charge in [-0.15, -0.1) is 0 Å². The van der Waals surface area contributed by atoms with Gasteiger partial charge in [-0.05, 0) is 13.3 Å². The fourth-order valence-corrected chi connectivity index (χ4v) is 1.18. The van der Waals surface area contributed by atoms with Crippen molar-refractivity contribution in [1.82, 2.24) is 4.90 Å². The van der Waals surface area contributed by atoms with E-state index < -0.39 is 0 Å². The van der Waals surface area contributed by atoms with Crippen LogP contribution in [0.3, 0.4) is 0 Å². The van der Waals surface area contributed by atoms with Crippen molar-refractivity contribution < 1.29 is 0 Å². The molecule has 0 aromatic rings. The summed E-state index contributed by atoms with van der Waals surface area (Å²) in [6, 6.07) is 0. The highest BCUT2D eigenvalue weighted by Crippen LogP contribution is 1.92. The summed E-state index contributed by atoms with van der Waals surface area (Å²) in [4.78, 5) is 2.28. The van der Waals surface area contributed by atoms with Crippen molar-refractivity contribution in [3.05, 3.63) is 12.2 Å². The van der Waals surface area contributed by atoms with Crippen LogP contribution >= 0.6 is 11.8 Å². The van der Waals surface area contributed by atoms with Gasteiger partial charge in [-0.2, -0.15) is 11.8 Å². The Morgan fingerprint density at radius 3 is 2.73 bits per heavy atom. The van der Waals surface area contributed by atoms with Gasteiger partial charge in [0.25, 0.3) is 0 Å². The molecule has 11 heavy (non-hydrogen) atoms. The normalized spacial score (nSPS) is 11.6. The fraction of sp³-hybridized carbons (Fsp3) is 0.750. The van der Waals surface area contributed by atoms with Crippen molar-refractivity contribution in [2.75, 3.05) is 38.7 Å². The van der Waals surface area contributed by atoms with Crippen LogP contribution in [0.4, 0.5) is 0 Å². The summed E-state index contributed by atoms with van der Waals surface area (Å²) < 4.78 is 0. The molecule has 0 saturated carbocycles. The molecule has 0 atom stereocenters. The molecular weight excluding hydrogens is 156 g/mol. The Labute approximate surface area is 73.8 Å². The second kappa shape index (κ2) is 8.11. The summed E-state index contributed by atoms with van der Waals surface area (Å²) in [5.74, 6) is 1.20. The number of nitrogens with zero attached hydrogens (tertiary/aromatic N) is 1. The second-order valence-corrected chi connectivity index (χ2v) is 3.45. The van der Waals surface area contributed by atoms with Crippen LogP contribution < -0.4 is 5.73 Å². The average Bonchev–Trinajstić information content (AvgIpc) is 2.01. The predicted molar refractivity (Wildman–Crippen MR) is 54.1 cm³/mol. The van der Waals surface area contributed by atoms with E-state index in [2.05, 4.69) is 24.3 Å². The molecule has 0 rings (SSSR count). The third-order valence-corrected chi connectivity index (χ3v) is 1.99. The van der Waals surface area contributed by atoms with E-state index in [1.165, 1.54) is 5.75 Å². The van der Waals surface area contributed by atoms with E-state index in [0.29, 0.717) is 6.54 Å². The molecule has 0 aliphatic heterocycles. The molecule has 0 fully saturated rings. The Balaban J connectivity index is 3.21. The maximum absolute atomic E-state index is 5.31. The molecule has 0 heterocycles. The van der Waals surface area contributed by atoms with Gasteiger partial charge >= 0.3 is 0 Å². The van der Waals surface area contributed by atoms with Crippen LogP contribution in [0.2, 0.25) is 0 Å². The number of hydrogen-bond acceptors (Lipinski definition) is 3. The molecule has 0 unspecified atom stereocenters. The lowest BCUT2D eigenvalue weighted by atomic mass is 10.4. The molecule has 0 bridgehead atoms. The van der Waals surface area contributed by atoms with Crippen molar-refractivity contribution in [1.29, 1.82) is 0 Å². The molecule has 0 aromatic heterocycles. The van der Waals surface area contributed by atoms with E-state index in [1.54, 1.807) is 0 Å². The van der Waals surface area contributed by atoms with Gasteiger partial charge in [-0.25, -0.2) is 0 Å². The van der Waals surface area contributed by atoms with Crippen LogP contribution in [0.5, 0.6) is 0 Å². The molecular formula is C8H18N2S. The molecule has 2 N–H and O–H groups in total. The summed E-state index contributed by atoms with van der Waals surface area (Å²) in [6.07, 6.45) is 6.24. The Bertz CT molecular complexity index is 104. The van der Waals surface area contributed by atoms with Crippen LogP contribution in [0.1, 0.15) is 0 Å². The van der Waals surface area contributed by atoms with Crippen LogP contribution in [-0.4, -0.2) is 43.6 Å². The van der Waals surface area contributed by atoms with E-state index in [-0.39, 0.29) is 0 Å². The predicted octanol–water partition coefficient (Wildman–Crippen LogP) is 0.796. The number of likely N-dealkylation sites (N-methyl/N-ethyl adjacent to an activating group) is 1. The quantitative estimate of drug-likeness (QED) is 0.604. The molecule has 0 amide bonds. The number of nitrogens with two attached hydrogens (primary N) is 1. The number of hydrogen-bond donors (Lipinski definition) is 1. The van der Waals surface area contributed by atoms with E-state index in [1.807, 2.05) is 17.8 Å². The molecule has 0 radical (unpaired) electrons. The van der Waals surface area contributed by atoms with E-state index in [9.17, 15) is 0 Å². The molecule has 66 valence electrons. The highest BCUT2D eigenvalue weighted by Gasteiger charge is 1.91. The minimum absolute atomic E-state index is 0.649. The largest absolute Gasteiger partial charge is 0.327 e. The van der Waals surface area contributed by atoms with Crippen LogP contribution in [-0.2, 0) is 0 Å². The van der Waals surface area contributed by atoms with Gasteiger partial charge in [0.1, 0.15) is 0 Å². The molecule has 0 aliphatic carbocycles. The first-order valence-corrected chi connectivity index (χ1v) is 5.23. The molecule has 0 aliphatic rings. The smallest absolute Gasteiger partial charge is 0.0160 e. The van der Waals surface area contributed by atoms with Gasteiger partial charge in [0.15, 0.2) is 0 Å². The van der Waals surface area contributed by atoms with Crippen LogP contribution in [0.25, 0.3) is 0 Å². The Hall–Kier alpha value is 0.01000. The standard InChI is InChI=1S/C8H18N2S/c1-10(7-8-11-2)6-4-3-5-9/h3-4H,5-9H2,1-2H3/b4-3+. The summed E-state index contributed by atoms with van der Waals surface area (Å²) in [5.41, 5.74) is 5.31. The summed E-state index contributed by atoms with van der Waals surface area (Å²) in [6.45, 7) is 2.81. The average molecular weight is 174 g/mol. The van der Waals surface area contributed by atoms with E-state index in [4.69, 9.17) is 5.73 Å². The van der Waals surface area contributed by atoms with Crippen LogP contribution in [0, 0.1) is 0 Å². The number of thioether (sulfide) groups is 1. The van der Waals surface area contributed by atoms with Gasteiger partial charge < -0.3 is 10.6 Å². The lowest BCUT2D eigenvalue weighted by Crippen LogP contribution is -2.21. The van der Waals surface area contributed by atoms with Crippen molar-refractivity contribution in [2.45, 2.75) is 0 Å². The lowest BCUT2D eigenvalue weighted by Gasteiger charge is -2.12. The topological polar surface area (TPSA) is 29.3 Å². The van der Waals surface area contributed by atoms with Crippen molar-refractivity contribution in [2.24, 2.45) is 5.73 Å². The lowest BCUT2D eigenvalue weighted by molar-refractivity contribution is 0.395.